The number of benzene rings is 1. The quantitative estimate of drug-likeness (QED) is 0.862. The van der Waals surface area contributed by atoms with Crippen LogP contribution in [-0.4, -0.2) is 43.6 Å². The maximum Gasteiger partial charge on any atom is 0.224 e. The van der Waals surface area contributed by atoms with E-state index >= 15 is 0 Å². The van der Waals surface area contributed by atoms with E-state index in [1.807, 2.05) is 24.3 Å². The molecular weight excluding hydrogens is 252 g/mol. The van der Waals surface area contributed by atoms with Crippen molar-refractivity contribution in [3.05, 3.63) is 29.8 Å². The fourth-order valence-electron chi connectivity index (χ4n) is 2.66. The number of para-hydroxylation sites is 1. The third-order valence-corrected chi connectivity index (χ3v) is 3.90. The fraction of sp³-hybridized carbons (Fsp3) is 0.562. The summed E-state index contributed by atoms with van der Waals surface area (Å²) in [6.45, 7) is 5.20. The number of carbonyl (C=O) groups excluding carboxylic acids is 1. The highest BCUT2D eigenvalue weighted by Crippen LogP contribution is 2.17. The first-order chi connectivity index (χ1) is 9.70. The number of nitrogens with zero attached hydrogens (tertiary/aromatic N) is 1. The zero-order chi connectivity index (χ0) is 14.4. The number of carbonyl (C=O) groups is 1. The fourth-order valence-corrected chi connectivity index (χ4v) is 2.66. The van der Waals surface area contributed by atoms with Gasteiger partial charge in [-0.25, -0.2) is 0 Å². The summed E-state index contributed by atoms with van der Waals surface area (Å²) in [4.78, 5) is 14.4. The molecule has 0 aliphatic carbocycles. The molecule has 0 radical (unpaired) electrons. The molecule has 4 heteroatoms. The zero-order valence-corrected chi connectivity index (χ0v) is 12.4. The maximum absolute atomic E-state index is 12.0. The second kappa shape index (κ2) is 7.29. The number of rotatable bonds is 6. The van der Waals surface area contributed by atoms with Gasteiger partial charge in [0.1, 0.15) is 5.75 Å². The molecule has 1 N–H and O–H groups in total. The van der Waals surface area contributed by atoms with E-state index in [0.717, 1.165) is 24.4 Å². The number of amides is 1. The van der Waals surface area contributed by atoms with E-state index < -0.39 is 0 Å². The molecule has 1 amide bonds. The third-order valence-electron chi connectivity index (χ3n) is 3.90. The molecule has 20 heavy (non-hydrogen) atoms. The number of ether oxygens (including phenoxy) is 1. The summed E-state index contributed by atoms with van der Waals surface area (Å²) in [5.41, 5.74) is 0.932. The van der Waals surface area contributed by atoms with Crippen molar-refractivity contribution in [1.29, 1.82) is 0 Å². The molecule has 1 heterocycles. The second-order valence-corrected chi connectivity index (χ2v) is 5.38. The first-order valence-corrected chi connectivity index (χ1v) is 7.33. The number of hydrogen-bond acceptors (Lipinski definition) is 3. The molecule has 0 unspecified atom stereocenters. The molecular formula is C16H24N2O2. The first-order valence-electron chi connectivity index (χ1n) is 7.33. The van der Waals surface area contributed by atoms with Gasteiger partial charge in [0, 0.05) is 18.2 Å². The van der Waals surface area contributed by atoms with Crippen molar-refractivity contribution in [2.24, 2.45) is 0 Å². The van der Waals surface area contributed by atoms with Crippen molar-refractivity contribution in [2.45, 2.75) is 32.2 Å². The Morgan fingerprint density at radius 3 is 2.75 bits per heavy atom. The Morgan fingerprint density at radius 2 is 2.05 bits per heavy atom. The predicted molar refractivity (Wildman–Crippen MR) is 80.0 cm³/mol. The van der Waals surface area contributed by atoms with Gasteiger partial charge in [-0.2, -0.15) is 0 Å². The van der Waals surface area contributed by atoms with Gasteiger partial charge in [0.2, 0.25) is 5.91 Å². The minimum absolute atomic E-state index is 0.0561. The smallest absolute Gasteiger partial charge is 0.224 e. The average molecular weight is 276 g/mol. The molecule has 1 aliphatic heterocycles. The molecule has 110 valence electrons. The van der Waals surface area contributed by atoms with Gasteiger partial charge < -0.3 is 10.1 Å². The van der Waals surface area contributed by atoms with Crippen molar-refractivity contribution >= 4 is 5.91 Å². The Morgan fingerprint density at radius 1 is 1.35 bits per heavy atom. The lowest BCUT2D eigenvalue weighted by Gasteiger charge is -2.23. The van der Waals surface area contributed by atoms with Crippen LogP contribution in [0.5, 0.6) is 5.75 Å². The first kappa shape index (κ1) is 14.9. The Bertz CT molecular complexity index is 442. The monoisotopic (exact) mass is 276 g/mol. The van der Waals surface area contributed by atoms with E-state index in [1.54, 1.807) is 7.11 Å². The van der Waals surface area contributed by atoms with Crippen LogP contribution in [0.15, 0.2) is 24.3 Å². The molecule has 4 nitrogen and oxygen atoms in total. The van der Waals surface area contributed by atoms with Gasteiger partial charge in [0.05, 0.1) is 13.5 Å². The van der Waals surface area contributed by atoms with Crippen LogP contribution in [0.2, 0.25) is 0 Å². The van der Waals surface area contributed by atoms with E-state index in [-0.39, 0.29) is 5.91 Å². The molecule has 1 saturated heterocycles. The summed E-state index contributed by atoms with van der Waals surface area (Å²) in [6, 6.07) is 8.07. The minimum Gasteiger partial charge on any atom is -0.496 e. The van der Waals surface area contributed by atoms with Crippen LogP contribution in [0.4, 0.5) is 0 Å². The van der Waals surface area contributed by atoms with Crippen molar-refractivity contribution in [1.82, 2.24) is 10.2 Å². The predicted octanol–water partition coefficient (Wildman–Crippen LogP) is 1.84. The Hall–Kier alpha value is -1.55. The highest BCUT2D eigenvalue weighted by Gasteiger charge is 2.18. The Labute approximate surface area is 121 Å². The van der Waals surface area contributed by atoms with Gasteiger partial charge in [0.15, 0.2) is 0 Å². The van der Waals surface area contributed by atoms with Gasteiger partial charge in [-0.05, 0) is 38.9 Å². The highest BCUT2D eigenvalue weighted by molar-refractivity contribution is 5.79. The Balaban J connectivity index is 1.80. The molecule has 0 spiro atoms. The van der Waals surface area contributed by atoms with Crippen LogP contribution in [0.25, 0.3) is 0 Å². The molecule has 2 rings (SSSR count). The van der Waals surface area contributed by atoms with E-state index in [1.165, 1.54) is 12.8 Å². The summed E-state index contributed by atoms with van der Waals surface area (Å²) in [6.07, 6.45) is 2.93. The van der Waals surface area contributed by atoms with Crippen LogP contribution < -0.4 is 10.1 Å². The topological polar surface area (TPSA) is 41.6 Å². The van der Waals surface area contributed by atoms with Crippen LogP contribution in [0.3, 0.4) is 0 Å². The second-order valence-electron chi connectivity index (χ2n) is 5.38. The van der Waals surface area contributed by atoms with Gasteiger partial charge in [0.25, 0.3) is 0 Å². The summed E-state index contributed by atoms with van der Waals surface area (Å²) in [5.74, 6) is 0.829. The molecule has 1 aliphatic rings. The molecule has 1 fully saturated rings. The van der Waals surface area contributed by atoms with E-state index in [0.29, 0.717) is 19.0 Å². The molecule has 0 bridgehead atoms. The lowest BCUT2D eigenvalue weighted by Crippen LogP contribution is -2.41. The van der Waals surface area contributed by atoms with E-state index in [9.17, 15) is 4.79 Å². The largest absolute Gasteiger partial charge is 0.496 e. The van der Waals surface area contributed by atoms with Crippen LogP contribution in [-0.2, 0) is 11.2 Å². The maximum atomic E-state index is 12.0. The molecule has 1 atom stereocenters. The SMILES string of the molecule is COc1ccccc1CC(=O)NC[C@@H](C)N1CCCC1. The molecule has 1 aromatic rings. The highest BCUT2D eigenvalue weighted by atomic mass is 16.5. The number of nitrogens with one attached hydrogen (secondary N) is 1. The van der Waals surface area contributed by atoms with Crippen LogP contribution in [0, 0.1) is 0 Å². The number of hydrogen-bond donors (Lipinski definition) is 1. The normalized spacial score (nSPS) is 16.9. The standard InChI is InChI=1S/C16H24N2O2/c1-13(18-9-5-6-10-18)12-17-16(19)11-14-7-3-4-8-15(14)20-2/h3-4,7-8,13H,5-6,9-12H2,1-2H3,(H,17,19)/t13-/m1/s1. The lowest BCUT2D eigenvalue weighted by molar-refractivity contribution is -0.120. The van der Waals surface area contributed by atoms with Gasteiger partial charge in [-0.1, -0.05) is 18.2 Å². The van der Waals surface area contributed by atoms with E-state index in [2.05, 4.69) is 17.1 Å². The van der Waals surface area contributed by atoms with E-state index in [4.69, 9.17) is 4.74 Å². The van der Waals surface area contributed by atoms with Gasteiger partial charge in [-0.3, -0.25) is 9.69 Å². The molecule has 0 saturated carbocycles. The van der Waals surface area contributed by atoms with Crippen molar-refractivity contribution in [3.63, 3.8) is 0 Å². The van der Waals surface area contributed by atoms with Crippen LogP contribution in [0.1, 0.15) is 25.3 Å². The Kier molecular flexibility index (Phi) is 5.41. The minimum atomic E-state index is 0.0561. The summed E-state index contributed by atoms with van der Waals surface area (Å²) in [7, 11) is 1.63. The summed E-state index contributed by atoms with van der Waals surface area (Å²) in [5, 5.41) is 3.02. The molecule has 1 aromatic carbocycles. The average Bonchev–Trinajstić information content (AvgIpc) is 2.99. The van der Waals surface area contributed by atoms with Crippen molar-refractivity contribution in [3.8, 4) is 5.75 Å². The zero-order valence-electron chi connectivity index (χ0n) is 12.4. The summed E-state index contributed by atoms with van der Waals surface area (Å²) >= 11 is 0. The third kappa shape index (κ3) is 3.97. The van der Waals surface area contributed by atoms with Gasteiger partial charge >= 0.3 is 0 Å². The van der Waals surface area contributed by atoms with Gasteiger partial charge in [-0.15, -0.1) is 0 Å². The number of likely N-dealkylation sites (tertiary alicyclic amines) is 1. The van der Waals surface area contributed by atoms with Crippen molar-refractivity contribution < 1.29 is 9.53 Å². The lowest BCUT2D eigenvalue weighted by atomic mass is 10.1. The van der Waals surface area contributed by atoms with Crippen molar-refractivity contribution in [2.75, 3.05) is 26.7 Å². The summed E-state index contributed by atoms with van der Waals surface area (Å²) < 4.78 is 5.26. The molecule has 0 aromatic heterocycles. The number of methoxy groups -OCH3 is 1. The van der Waals surface area contributed by atoms with Crippen LogP contribution >= 0.6 is 0 Å².